The van der Waals surface area contributed by atoms with Crippen LogP contribution in [0.3, 0.4) is 0 Å². The third kappa shape index (κ3) is 5.10. The van der Waals surface area contributed by atoms with Crippen LogP contribution in [0.5, 0.6) is 5.75 Å². The normalized spacial score (nSPS) is 11.3. The van der Waals surface area contributed by atoms with Crippen molar-refractivity contribution in [2.75, 3.05) is 18.2 Å². The number of nitrogens with zero attached hydrogens (tertiary/aromatic N) is 4. The fourth-order valence-electron chi connectivity index (χ4n) is 2.44. The van der Waals surface area contributed by atoms with E-state index in [-0.39, 0.29) is 16.6 Å². The van der Waals surface area contributed by atoms with Crippen LogP contribution in [-0.2, 0) is 14.8 Å². The molecular weight excluding hydrogens is 416 g/mol. The Balaban J connectivity index is 1.68. The van der Waals surface area contributed by atoms with E-state index in [1.807, 2.05) is 25.1 Å². The first-order chi connectivity index (χ1) is 13.8. The highest BCUT2D eigenvalue weighted by Gasteiger charge is 2.15. The molecule has 0 spiro atoms. The number of amides is 1. The Hall–Kier alpha value is -2.96. The molecule has 10 nitrogen and oxygen atoms in total. The van der Waals surface area contributed by atoms with Crippen LogP contribution in [0.1, 0.15) is 5.56 Å². The quantitative estimate of drug-likeness (QED) is 0.531. The van der Waals surface area contributed by atoms with E-state index < -0.39 is 10.0 Å². The minimum absolute atomic E-state index is 0.0313. The molecule has 0 saturated heterocycles. The monoisotopic (exact) mass is 434 g/mol. The number of aryl methyl sites for hydroxylation is 1. The SMILES string of the molecule is COc1ccc(C)cc1-n1nnnc1SCC(=O)Nc1ccc(S(N)(=O)=O)cc1. The number of primary sulfonamides is 1. The van der Waals surface area contributed by atoms with Gasteiger partial charge in [-0.2, -0.15) is 4.68 Å². The zero-order chi connectivity index (χ0) is 21.0. The standard InChI is InChI=1S/C17H18N6O4S2/c1-11-3-8-15(27-2)14(9-11)23-17(20-21-22-23)28-10-16(24)19-12-4-6-13(7-5-12)29(18,25)26/h3-9H,10H2,1-2H3,(H,19,24)(H2,18,25,26). The van der Waals surface area contributed by atoms with Crippen molar-refractivity contribution >= 4 is 33.4 Å². The number of tetrazole rings is 1. The molecule has 0 radical (unpaired) electrons. The Morgan fingerprint density at radius 3 is 2.62 bits per heavy atom. The van der Waals surface area contributed by atoms with Crippen LogP contribution in [0.25, 0.3) is 5.69 Å². The van der Waals surface area contributed by atoms with Gasteiger partial charge in [-0.05, 0) is 59.3 Å². The van der Waals surface area contributed by atoms with Gasteiger partial charge < -0.3 is 10.1 Å². The number of anilines is 1. The van der Waals surface area contributed by atoms with Crippen LogP contribution in [0.4, 0.5) is 5.69 Å². The van der Waals surface area contributed by atoms with Crippen LogP contribution in [0.2, 0.25) is 0 Å². The molecule has 0 saturated carbocycles. The Morgan fingerprint density at radius 2 is 1.97 bits per heavy atom. The number of sulfonamides is 1. The largest absolute Gasteiger partial charge is 0.494 e. The van der Waals surface area contributed by atoms with Gasteiger partial charge in [0.15, 0.2) is 0 Å². The second kappa shape index (κ2) is 8.59. The van der Waals surface area contributed by atoms with Gasteiger partial charge in [0.25, 0.3) is 0 Å². The van der Waals surface area contributed by atoms with Crippen LogP contribution in [0, 0.1) is 6.92 Å². The Labute approximate surface area is 171 Å². The second-order valence-corrected chi connectivity index (χ2v) is 8.46. The maximum Gasteiger partial charge on any atom is 0.238 e. The van der Waals surface area contributed by atoms with Crippen LogP contribution in [-0.4, -0.2) is 47.4 Å². The molecule has 152 valence electrons. The third-order valence-corrected chi connectivity index (χ3v) is 5.65. The molecule has 29 heavy (non-hydrogen) atoms. The highest BCUT2D eigenvalue weighted by atomic mass is 32.2. The molecule has 0 aliphatic rings. The number of nitrogens with two attached hydrogens (primary N) is 1. The summed E-state index contributed by atoms with van der Waals surface area (Å²) in [6.45, 7) is 1.94. The molecule has 0 unspecified atom stereocenters. The molecule has 1 aromatic heterocycles. The minimum Gasteiger partial charge on any atom is -0.494 e. The molecule has 12 heteroatoms. The van der Waals surface area contributed by atoms with Crippen LogP contribution < -0.4 is 15.2 Å². The Kier molecular flexibility index (Phi) is 6.15. The fraction of sp³-hybridized carbons (Fsp3) is 0.176. The molecular formula is C17H18N6O4S2. The van der Waals surface area contributed by atoms with Crippen molar-refractivity contribution in [2.24, 2.45) is 5.14 Å². The molecule has 1 amide bonds. The lowest BCUT2D eigenvalue weighted by Gasteiger charge is -2.10. The van der Waals surface area contributed by atoms with E-state index >= 15 is 0 Å². The summed E-state index contributed by atoms with van der Waals surface area (Å²) in [6, 6.07) is 11.2. The zero-order valence-electron chi connectivity index (χ0n) is 15.6. The van der Waals surface area contributed by atoms with Gasteiger partial charge in [0.05, 0.1) is 17.8 Å². The first-order valence-electron chi connectivity index (χ1n) is 8.27. The molecule has 3 rings (SSSR count). The first kappa shape index (κ1) is 20.8. The number of benzene rings is 2. The summed E-state index contributed by atoms with van der Waals surface area (Å²) in [6.07, 6.45) is 0. The number of hydrogen-bond acceptors (Lipinski definition) is 8. The van der Waals surface area contributed by atoms with E-state index in [0.29, 0.717) is 22.3 Å². The molecule has 3 aromatic rings. The molecule has 0 fully saturated rings. The summed E-state index contributed by atoms with van der Waals surface area (Å²) in [5.74, 6) is 0.346. The molecule has 1 heterocycles. The smallest absolute Gasteiger partial charge is 0.238 e. The number of nitrogens with one attached hydrogen (secondary N) is 1. The molecule has 0 atom stereocenters. The Bertz CT molecular complexity index is 1130. The van der Waals surface area contributed by atoms with Crippen molar-refractivity contribution in [1.29, 1.82) is 0 Å². The molecule has 3 N–H and O–H groups in total. The number of rotatable bonds is 7. The third-order valence-electron chi connectivity index (χ3n) is 3.80. The minimum atomic E-state index is -3.78. The number of thioether (sulfide) groups is 1. The lowest BCUT2D eigenvalue weighted by atomic mass is 10.2. The van der Waals surface area contributed by atoms with Gasteiger partial charge in [0.2, 0.25) is 21.1 Å². The fourth-order valence-corrected chi connectivity index (χ4v) is 3.64. The first-order valence-corrected chi connectivity index (χ1v) is 10.8. The van der Waals surface area contributed by atoms with Crippen molar-refractivity contribution < 1.29 is 17.9 Å². The predicted octanol–water partition coefficient (Wildman–Crippen LogP) is 1.36. The maximum absolute atomic E-state index is 12.2. The lowest BCUT2D eigenvalue weighted by molar-refractivity contribution is -0.113. The zero-order valence-corrected chi connectivity index (χ0v) is 17.2. The summed E-state index contributed by atoms with van der Waals surface area (Å²) in [5.41, 5.74) is 2.12. The molecule has 0 bridgehead atoms. The van der Waals surface area contributed by atoms with E-state index in [1.165, 1.54) is 28.9 Å². The van der Waals surface area contributed by atoms with E-state index in [1.54, 1.807) is 7.11 Å². The van der Waals surface area contributed by atoms with Gasteiger partial charge in [-0.15, -0.1) is 5.10 Å². The molecule has 0 aliphatic carbocycles. The van der Waals surface area contributed by atoms with Crippen molar-refractivity contribution in [3.05, 3.63) is 48.0 Å². The van der Waals surface area contributed by atoms with E-state index in [9.17, 15) is 13.2 Å². The van der Waals surface area contributed by atoms with Gasteiger partial charge in [0.1, 0.15) is 11.4 Å². The number of ether oxygens (including phenoxy) is 1. The van der Waals surface area contributed by atoms with Crippen LogP contribution in [0.15, 0.2) is 52.5 Å². The van der Waals surface area contributed by atoms with Gasteiger partial charge >= 0.3 is 0 Å². The number of carbonyl (C=O) groups is 1. The lowest BCUT2D eigenvalue weighted by Crippen LogP contribution is -2.15. The van der Waals surface area contributed by atoms with Gasteiger partial charge in [-0.1, -0.05) is 17.8 Å². The Morgan fingerprint density at radius 1 is 1.24 bits per heavy atom. The average molecular weight is 435 g/mol. The summed E-state index contributed by atoms with van der Waals surface area (Å²) < 4.78 is 29.4. The topological polar surface area (TPSA) is 142 Å². The van der Waals surface area contributed by atoms with E-state index in [4.69, 9.17) is 9.88 Å². The number of methoxy groups -OCH3 is 1. The van der Waals surface area contributed by atoms with Crippen molar-refractivity contribution in [3.8, 4) is 11.4 Å². The maximum atomic E-state index is 12.2. The predicted molar refractivity (Wildman–Crippen MR) is 108 cm³/mol. The van der Waals surface area contributed by atoms with Crippen molar-refractivity contribution in [3.63, 3.8) is 0 Å². The van der Waals surface area contributed by atoms with Crippen LogP contribution >= 0.6 is 11.8 Å². The molecule has 0 aliphatic heterocycles. The number of hydrogen-bond donors (Lipinski definition) is 2. The van der Waals surface area contributed by atoms with Crippen molar-refractivity contribution in [2.45, 2.75) is 17.0 Å². The summed E-state index contributed by atoms with van der Waals surface area (Å²) in [5, 5.41) is 19.8. The summed E-state index contributed by atoms with van der Waals surface area (Å²) in [4.78, 5) is 12.2. The van der Waals surface area contributed by atoms with Gasteiger partial charge in [-0.3, -0.25) is 4.79 Å². The van der Waals surface area contributed by atoms with Gasteiger partial charge in [0, 0.05) is 5.69 Å². The highest BCUT2D eigenvalue weighted by Crippen LogP contribution is 2.27. The number of aromatic nitrogens is 4. The summed E-state index contributed by atoms with van der Waals surface area (Å²) in [7, 11) is -2.22. The molecule has 2 aromatic carbocycles. The van der Waals surface area contributed by atoms with Crippen molar-refractivity contribution in [1.82, 2.24) is 20.2 Å². The summed E-state index contributed by atoms with van der Waals surface area (Å²) >= 11 is 1.15. The second-order valence-electron chi connectivity index (χ2n) is 5.95. The van der Waals surface area contributed by atoms with Gasteiger partial charge in [-0.25, -0.2) is 13.6 Å². The average Bonchev–Trinajstić information content (AvgIpc) is 3.14. The highest BCUT2D eigenvalue weighted by molar-refractivity contribution is 7.99. The van der Waals surface area contributed by atoms with E-state index in [2.05, 4.69) is 20.8 Å². The number of carbonyl (C=O) groups excluding carboxylic acids is 1. The van der Waals surface area contributed by atoms with E-state index in [0.717, 1.165) is 17.3 Å².